The van der Waals surface area contributed by atoms with E-state index in [1.54, 1.807) is 19.1 Å². The maximum Gasteiger partial charge on any atom is 0.419 e. The van der Waals surface area contributed by atoms with Crippen LogP contribution in [-0.2, 0) is 16.2 Å². The van der Waals surface area contributed by atoms with Gasteiger partial charge in [-0.1, -0.05) is 17.7 Å². The van der Waals surface area contributed by atoms with Crippen LogP contribution in [-0.4, -0.2) is 13.5 Å². The van der Waals surface area contributed by atoms with Crippen LogP contribution in [0, 0.1) is 6.92 Å². The molecule has 2 N–H and O–H groups in total. The van der Waals surface area contributed by atoms with Gasteiger partial charge in [-0.15, -0.1) is 0 Å². The first-order valence-corrected chi connectivity index (χ1v) is 7.57. The SMILES string of the molecule is Cc1ccc(S(=O)(=O)Nc2ccc(C(F)(F)F)c(O)c2)cc1. The summed E-state index contributed by atoms with van der Waals surface area (Å²) in [6.07, 6.45) is -4.71. The molecule has 2 aromatic carbocycles. The molecule has 0 amide bonds. The Labute approximate surface area is 125 Å². The highest BCUT2D eigenvalue weighted by molar-refractivity contribution is 7.92. The number of phenolic OH excluding ortho intramolecular Hbond substituents is 1. The molecule has 0 atom stereocenters. The Balaban J connectivity index is 2.31. The van der Waals surface area contributed by atoms with Gasteiger partial charge >= 0.3 is 6.18 Å². The Morgan fingerprint density at radius 2 is 1.64 bits per heavy atom. The van der Waals surface area contributed by atoms with Gasteiger partial charge in [0, 0.05) is 6.07 Å². The van der Waals surface area contributed by atoms with Gasteiger partial charge in [0.15, 0.2) is 0 Å². The second-order valence-electron chi connectivity index (χ2n) is 4.65. The molecule has 0 aliphatic heterocycles. The molecule has 0 aliphatic rings. The second-order valence-corrected chi connectivity index (χ2v) is 6.33. The van der Waals surface area contributed by atoms with Gasteiger partial charge in [0.25, 0.3) is 10.0 Å². The molecule has 0 aromatic heterocycles. The molecule has 4 nitrogen and oxygen atoms in total. The number of hydrogen-bond donors (Lipinski definition) is 2. The standard InChI is InChI=1S/C14H12F3NO3S/c1-9-2-5-11(6-3-9)22(20,21)18-10-4-7-12(13(19)8-10)14(15,16)17/h2-8,18-19H,1H3. The van der Waals surface area contributed by atoms with Gasteiger partial charge in [-0.25, -0.2) is 8.42 Å². The fourth-order valence-corrected chi connectivity index (χ4v) is 2.82. The molecule has 8 heteroatoms. The zero-order chi connectivity index (χ0) is 16.5. The van der Waals surface area contributed by atoms with E-state index in [2.05, 4.69) is 4.72 Å². The smallest absolute Gasteiger partial charge is 0.419 e. The molecule has 22 heavy (non-hydrogen) atoms. The minimum absolute atomic E-state index is 0.0301. The second kappa shape index (κ2) is 5.53. The predicted molar refractivity (Wildman–Crippen MR) is 75.1 cm³/mol. The first-order chi connectivity index (χ1) is 10.1. The largest absolute Gasteiger partial charge is 0.507 e. The van der Waals surface area contributed by atoms with Crippen LogP contribution in [0.25, 0.3) is 0 Å². The van der Waals surface area contributed by atoms with Crippen molar-refractivity contribution in [2.24, 2.45) is 0 Å². The van der Waals surface area contributed by atoms with Crippen LogP contribution in [0.5, 0.6) is 5.75 Å². The number of aryl methyl sites for hydroxylation is 1. The van der Waals surface area contributed by atoms with Crippen molar-refractivity contribution in [2.75, 3.05) is 4.72 Å². The van der Waals surface area contributed by atoms with E-state index in [4.69, 9.17) is 0 Å². The normalized spacial score (nSPS) is 12.2. The van der Waals surface area contributed by atoms with E-state index in [1.165, 1.54) is 12.1 Å². The van der Waals surface area contributed by atoms with Crippen molar-refractivity contribution in [3.8, 4) is 5.75 Å². The molecule has 0 fully saturated rings. The highest BCUT2D eigenvalue weighted by Crippen LogP contribution is 2.37. The fraction of sp³-hybridized carbons (Fsp3) is 0.143. The summed E-state index contributed by atoms with van der Waals surface area (Å²) in [6, 6.07) is 8.21. The monoisotopic (exact) mass is 331 g/mol. The van der Waals surface area contributed by atoms with Gasteiger partial charge < -0.3 is 5.11 Å². The van der Waals surface area contributed by atoms with Gasteiger partial charge in [0.1, 0.15) is 5.75 Å². The van der Waals surface area contributed by atoms with Crippen molar-refractivity contribution in [3.63, 3.8) is 0 Å². The number of anilines is 1. The molecular formula is C14H12F3NO3S. The van der Waals surface area contributed by atoms with Gasteiger partial charge in [-0.05, 0) is 31.2 Å². The summed E-state index contributed by atoms with van der Waals surface area (Å²) in [5.74, 6) is -1.04. The van der Waals surface area contributed by atoms with Crippen LogP contribution >= 0.6 is 0 Å². The molecule has 0 saturated heterocycles. The summed E-state index contributed by atoms with van der Waals surface area (Å²) in [7, 11) is -3.94. The summed E-state index contributed by atoms with van der Waals surface area (Å²) < 4.78 is 63.9. The Kier molecular flexibility index (Phi) is 4.06. The molecule has 0 radical (unpaired) electrons. The average molecular weight is 331 g/mol. The van der Waals surface area contributed by atoms with E-state index in [0.29, 0.717) is 12.1 Å². The first kappa shape index (κ1) is 16.2. The molecule has 2 rings (SSSR count). The minimum atomic E-state index is -4.71. The summed E-state index contributed by atoms with van der Waals surface area (Å²) in [6.45, 7) is 1.79. The number of halogens is 3. The van der Waals surface area contributed by atoms with Crippen molar-refractivity contribution in [1.82, 2.24) is 0 Å². The van der Waals surface area contributed by atoms with Crippen molar-refractivity contribution in [3.05, 3.63) is 53.6 Å². The Morgan fingerprint density at radius 1 is 1.05 bits per heavy atom. The summed E-state index contributed by atoms with van der Waals surface area (Å²) >= 11 is 0. The molecular weight excluding hydrogens is 319 g/mol. The molecule has 0 spiro atoms. The van der Waals surface area contributed by atoms with Gasteiger partial charge in [-0.3, -0.25) is 4.72 Å². The van der Waals surface area contributed by atoms with Crippen LogP contribution in [0.3, 0.4) is 0 Å². The number of alkyl halides is 3. The highest BCUT2D eigenvalue weighted by atomic mass is 32.2. The van der Waals surface area contributed by atoms with Crippen molar-refractivity contribution >= 4 is 15.7 Å². The average Bonchev–Trinajstić information content (AvgIpc) is 2.37. The number of sulfonamides is 1. The van der Waals surface area contributed by atoms with Gasteiger partial charge in [0.2, 0.25) is 0 Å². The maximum absolute atomic E-state index is 12.5. The first-order valence-electron chi connectivity index (χ1n) is 6.09. The lowest BCUT2D eigenvalue weighted by molar-refractivity contribution is -0.138. The Morgan fingerprint density at radius 3 is 2.14 bits per heavy atom. The van der Waals surface area contributed by atoms with E-state index in [-0.39, 0.29) is 10.6 Å². The van der Waals surface area contributed by atoms with Crippen LogP contribution in [0.2, 0.25) is 0 Å². The molecule has 2 aromatic rings. The maximum atomic E-state index is 12.5. The summed E-state index contributed by atoms with van der Waals surface area (Å²) in [5, 5.41) is 9.38. The molecule has 0 saturated carbocycles. The van der Waals surface area contributed by atoms with Gasteiger partial charge in [-0.2, -0.15) is 13.2 Å². The quantitative estimate of drug-likeness (QED) is 0.904. The lowest BCUT2D eigenvalue weighted by Gasteiger charge is -2.12. The van der Waals surface area contributed by atoms with E-state index >= 15 is 0 Å². The zero-order valence-electron chi connectivity index (χ0n) is 11.3. The molecule has 0 heterocycles. The Bertz CT molecular complexity index is 784. The third-order valence-electron chi connectivity index (χ3n) is 2.89. The summed E-state index contributed by atoms with van der Waals surface area (Å²) in [5.41, 5.74) is -0.525. The topological polar surface area (TPSA) is 66.4 Å². The third kappa shape index (κ3) is 3.51. The van der Waals surface area contributed by atoms with Crippen molar-refractivity contribution in [2.45, 2.75) is 18.0 Å². The van der Waals surface area contributed by atoms with Crippen molar-refractivity contribution < 1.29 is 26.7 Å². The fourth-order valence-electron chi connectivity index (χ4n) is 1.77. The molecule has 0 bridgehead atoms. The van der Waals surface area contributed by atoms with Crippen LogP contribution in [0.15, 0.2) is 47.4 Å². The lowest BCUT2D eigenvalue weighted by atomic mass is 10.2. The number of benzene rings is 2. The van der Waals surface area contributed by atoms with Crippen molar-refractivity contribution in [1.29, 1.82) is 0 Å². The molecule has 0 unspecified atom stereocenters. The lowest BCUT2D eigenvalue weighted by Crippen LogP contribution is -2.13. The minimum Gasteiger partial charge on any atom is -0.507 e. The van der Waals surface area contributed by atoms with Crippen LogP contribution in [0.1, 0.15) is 11.1 Å². The highest BCUT2D eigenvalue weighted by Gasteiger charge is 2.33. The molecule has 118 valence electrons. The zero-order valence-corrected chi connectivity index (χ0v) is 12.2. The predicted octanol–water partition coefficient (Wildman–Crippen LogP) is 3.52. The van der Waals surface area contributed by atoms with Crippen LogP contribution in [0.4, 0.5) is 18.9 Å². The number of phenols is 1. The van der Waals surface area contributed by atoms with Gasteiger partial charge in [0.05, 0.1) is 16.1 Å². The van der Waals surface area contributed by atoms with Crippen LogP contribution < -0.4 is 4.72 Å². The summed E-state index contributed by atoms with van der Waals surface area (Å²) in [4.78, 5) is -0.0301. The van der Waals surface area contributed by atoms with E-state index in [9.17, 15) is 26.7 Å². The van der Waals surface area contributed by atoms with E-state index in [0.717, 1.165) is 11.6 Å². The number of aromatic hydroxyl groups is 1. The van der Waals surface area contributed by atoms with E-state index < -0.39 is 27.5 Å². The number of rotatable bonds is 3. The molecule has 0 aliphatic carbocycles. The third-order valence-corrected chi connectivity index (χ3v) is 4.28. The Hall–Kier alpha value is -2.22. The van der Waals surface area contributed by atoms with E-state index in [1.807, 2.05) is 0 Å². The number of hydrogen-bond acceptors (Lipinski definition) is 3. The number of nitrogens with one attached hydrogen (secondary N) is 1.